The van der Waals surface area contributed by atoms with Crippen LogP contribution in [-0.2, 0) is 4.79 Å². The number of carbonyl (C=O) groups excluding carboxylic acids is 1. The Morgan fingerprint density at radius 2 is 1.87 bits per heavy atom. The van der Waals surface area contributed by atoms with Gasteiger partial charge in [-0.1, -0.05) is 18.2 Å². The van der Waals surface area contributed by atoms with E-state index < -0.39 is 0 Å². The van der Waals surface area contributed by atoms with Crippen molar-refractivity contribution in [1.29, 1.82) is 0 Å². The lowest BCUT2D eigenvalue weighted by molar-refractivity contribution is -0.117. The summed E-state index contributed by atoms with van der Waals surface area (Å²) in [6.07, 6.45) is 2.77. The lowest BCUT2D eigenvalue weighted by atomic mass is 10.2. The zero-order valence-electron chi connectivity index (χ0n) is 18.3. The van der Waals surface area contributed by atoms with E-state index >= 15 is 0 Å². The lowest BCUT2D eigenvalue weighted by Gasteiger charge is -2.32. The molecule has 7 nitrogen and oxygen atoms in total. The third-order valence-electron chi connectivity index (χ3n) is 5.63. The van der Waals surface area contributed by atoms with Gasteiger partial charge in [0.05, 0.1) is 6.04 Å². The molecule has 3 rings (SSSR count). The minimum Gasteiger partial charge on any atom is -0.357 e. The van der Waals surface area contributed by atoms with Gasteiger partial charge in [0.2, 0.25) is 5.91 Å². The van der Waals surface area contributed by atoms with Crippen LogP contribution in [0.5, 0.6) is 0 Å². The van der Waals surface area contributed by atoms with Crippen LogP contribution in [0.2, 0.25) is 0 Å². The molecule has 2 saturated heterocycles. The van der Waals surface area contributed by atoms with E-state index in [-0.39, 0.29) is 35.9 Å². The Hall–Kier alpha value is -1.39. The van der Waals surface area contributed by atoms with Gasteiger partial charge in [-0.25, -0.2) is 0 Å². The first kappa shape index (κ1) is 24.9. The highest BCUT2D eigenvalue weighted by atomic mass is 127. The number of anilines is 1. The number of nitrogens with one attached hydrogen (secondary N) is 2. The van der Waals surface area contributed by atoms with Gasteiger partial charge < -0.3 is 25.3 Å². The second kappa shape index (κ2) is 13.1. The topological polar surface area (TPSA) is 63.2 Å². The number of halogens is 1. The van der Waals surface area contributed by atoms with E-state index in [0.29, 0.717) is 13.0 Å². The molecule has 0 bridgehead atoms. The Bertz CT molecular complexity index is 663. The van der Waals surface area contributed by atoms with Gasteiger partial charge in [0.15, 0.2) is 5.96 Å². The zero-order chi connectivity index (χ0) is 20.5. The highest BCUT2D eigenvalue weighted by Crippen LogP contribution is 2.20. The average molecular weight is 528 g/mol. The maximum atomic E-state index is 12.4. The van der Waals surface area contributed by atoms with Crippen molar-refractivity contribution < 1.29 is 4.79 Å². The quantitative estimate of drug-likeness (QED) is 0.234. The number of para-hydroxylation sites is 1. The predicted molar refractivity (Wildman–Crippen MR) is 135 cm³/mol. The molecule has 2 fully saturated rings. The summed E-state index contributed by atoms with van der Waals surface area (Å²) < 4.78 is 0. The molecule has 0 spiro atoms. The molecule has 8 heteroatoms. The first-order chi connectivity index (χ1) is 14.2. The van der Waals surface area contributed by atoms with Crippen LogP contribution in [0.1, 0.15) is 26.2 Å². The summed E-state index contributed by atoms with van der Waals surface area (Å²) in [7, 11) is 2.19. The normalized spacial score (nSPS) is 20.9. The molecule has 2 N–H and O–H groups in total. The van der Waals surface area contributed by atoms with Crippen molar-refractivity contribution in [3.05, 3.63) is 30.3 Å². The van der Waals surface area contributed by atoms with E-state index in [4.69, 9.17) is 4.99 Å². The zero-order valence-corrected chi connectivity index (χ0v) is 20.7. The van der Waals surface area contributed by atoms with Crippen LogP contribution in [0.15, 0.2) is 35.3 Å². The van der Waals surface area contributed by atoms with Crippen molar-refractivity contribution in [2.75, 3.05) is 64.3 Å². The van der Waals surface area contributed by atoms with Crippen molar-refractivity contribution in [1.82, 2.24) is 20.4 Å². The fourth-order valence-corrected chi connectivity index (χ4v) is 3.88. The van der Waals surface area contributed by atoms with Crippen LogP contribution < -0.4 is 15.5 Å². The van der Waals surface area contributed by atoms with Gasteiger partial charge in [-0.3, -0.25) is 9.79 Å². The SMILES string of the molecule is CCNC(=NCCCCN1CCN(C)CC1)NC1CC(=O)N(c2ccccc2)C1.I. The Labute approximate surface area is 198 Å². The van der Waals surface area contributed by atoms with E-state index in [1.165, 1.54) is 32.6 Å². The van der Waals surface area contributed by atoms with E-state index in [1.54, 1.807) is 0 Å². The molecule has 1 aromatic carbocycles. The number of aliphatic imine (C=N–C) groups is 1. The van der Waals surface area contributed by atoms with Gasteiger partial charge in [0, 0.05) is 57.9 Å². The Kier molecular flexibility index (Phi) is 10.9. The van der Waals surface area contributed by atoms with Gasteiger partial charge in [-0.2, -0.15) is 0 Å². The van der Waals surface area contributed by atoms with Gasteiger partial charge >= 0.3 is 0 Å². The Morgan fingerprint density at radius 1 is 1.13 bits per heavy atom. The standard InChI is InChI=1S/C22H36N6O.HI/c1-3-23-22(24-11-7-8-12-27-15-13-26(2)14-16-27)25-19-17-21(29)28(18-19)20-9-5-4-6-10-20;/h4-6,9-10,19H,3,7-8,11-18H2,1-2H3,(H2,23,24,25);1H. The number of carbonyl (C=O) groups is 1. The molecule has 1 amide bonds. The molecule has 2 heterocycles. The molecule has 30 heavy (non-hydrogen) atoms. The van der Waals surface area contributed by atoms with Gasteiger partial charge in [-0.15, -0.1) is 24.0 Å². The summed E-state index contributed by atoms with van der Waals surface area (Å²) in [5.41, 5.74) is 0.965. The number of rotatable bonds is 8. The molecule has 1 unspecified atom stereocenters. The second-order valence-electron chi connectivity index (χ2n) is 8.00. The fraction of sp³-hybridized carbons (Fsp3) is 0.636. The lowest BCUT2D eigenvalue weighted by Crippen LogP contribution is -2.45. The van der Waals surface area contributed by atoms with E-state index in [0.717, 1.165) is 37.7 Å². The molecular weight excluding hydrogens is 491 g/mol. The Balaban J connectivity index is 0.00000320. The molecular formula is C22H37IN6O. The van der Waals surface area contributed by atoms with Crippen LogP contribution in [0.4, 0.5) is 5.69 Å². The van der Waals surface area contributed by atoms with Crippen molar-refractivity contribution in [2.45, 2.75) is 32.2 Å². The number of hydrogen-bond acceptors (Lipinski definition) is 4. The Morgan fingerprint density at radius 3 is 2.57 bits per heavy atom. The molecule has 168 valence electrons. The monoisotopic (exact) mass is 528 g/mol. The largest absolute Gasteiger partial charge is 0.357 e. The maximum Gasteiger partial charge on any atom is 0.229 e. The summed E-state index contributed by atoms with van der Waals surface area (Å²) >= 11 is 0. The summed E-state index contributed by atoms with van der Waals surface area (Å²) in [4.78, 5) is 23.9. The van der Waals surface area contributed by atoms with Crippen LogP contribution in [-0.4, -0.2) is 87.1 Å². The van der Waals surface area contributed by atoms with E-state index in [1.807, 2.05) is 35.2 Å². The highest BCUT2D eigenvalue weighted by Gasteiger charge is 2.31. The molecule has 2 aliphatic heterocycles. The molecule has 2 aliphatic rings. The molecule has 0 aliphatic carbocycles. The smallest absolute Gasteiger partial charge is 0.229 e. The van der Waals surface area contributed by atoms with Crippen LogP contribution in [0, 0.1) is 0 Å². The fourth-order valence-electron chi connectivity index (χ4n) is 3.88. The number of amides is 1. The number of guanidine groups is 1. The molecule has 0 saturated carbocycles. The van der Waals surface area contributed by atoms with Crippen molar-refractivity contribution >= 4 is 41.5 Å². The summed E-state index contributed by atoms with van der Waals surface area (Å²) in [6, 6.07) is 9.97. The summed E-state index contributed by atoms with van der Waals surface area (Å²) in [5, 5.41) is 6.77. The first-order valence-electron chi connectivity index (χ1n) is 11.0. The highest BCUT2D eigenvalue weighted by molar-refractivity contribution is 14.0. The molecule has 0 radical (unpaired) electrons. The molecule has 1 aromatic rings. The number of hydrogen-bond donors (Lipinski definition) is 2. The number of likely N-dealkylation sites (N-methyl/N-ethyl adjacent to an activating group) is 1. The third kappa shape index (κ3) is 7.70. The van der Waals surface area contributed by atoms with Crippen LogP contribution in [0.25, 0.3) is 0 Å². The van der Waals surface area contributed by atoms with E-state index in [9.17, 15) is 4.79 Å². The molecule has 1 atom stereocenters. The summed E-state index contributed by atoms with van der Waals surface area (Å²) in [5.74, 6) is 0.983. The first-order valence-corrected chi connectivity index (χ1v) is 11.0. The number of unbranched alkanes of at least 4 members (excludes halogenated alkanes) is 1. The third-order valence-corrected chi connectivity index (χ3v) is 5.63. The van der Waals surface area contributed by atoms with Gasteiger partial charge in [-0.05, 0) is 45.5 Å². The van der Waals surface area contributed by atoms with Crippen LogP contribution in [0.3, 0.4) is 0 Å². The van der Waals surface area contributed by atoms with Crippen LogP contribution >= 0.6 is 24.0 Å². The maximum absolute atomic E-state index is 12.4. The van der Waals surface area contributed by atoms with E-state index in [2.05, 4.69) is 34.4 Å². The van der Waals surface area contributed by atoms with Crippen molar-refractivity contribution in [2.24, 2.45) is 4.99 Å². The number of benzene rings is 1. The van der Waals surface area contributed by atoms with Crippen molar-refractivity contribution in [3.63, 3.8) is 0 Å². The predicted octanol–water partition coefficient (Wildman–Crippen LogP) is 1.99. The number of nitrogens with zero attached hydrogens (tertiary/aromatic N) is 4. The van der Waals surface area contributed by atoms with Gasteiger partial charge in [0.25, 0.3) is 0 Å². The van der Waals surface area contributed by atoms with Crippen molar-refractivity contribution in [3.8, 4) is 0 Å². The minimum absolute atomic E-state index is 0. The second-order valence-corrected chi connectivity index (χ2v) is 8.00. The van der Waals surface area contributed by atoms with Gasteiger partial charge in [0.1, 0.15) is 0 Å². The minimum atomic E-state index is 0. The average Bonchev–Trinajstić information content (AvgIpc) is 3.10. The summed E-state index contributed by atoms with van der Waals surface area (Å²) in [6.45, 7) is 10.2. The molecule has 0 aromatic heterocycles. The number of piperazine rings is 1.